The van der Waals surface area contributed by atoms with E-state index in [0.29, 0.717) is 43.4 Å². The van der Waals surface area contributed by atoms with E-state index in [2.05, 4.69) is 21.8 Å². The number of allylic oxidation sites excluding steroid dienone is 1. The zero-order valence-electron chi connectivity index (χ0n) is 22.7. The largest absolute Gasteiger partial charge is 0.493 e. The number of anilines is 1. The van der Waals surface area contributed by atoms with Crippen LogP contribution in [0.3, 0.4) is 0 Å². The van der Waals surface area contributed by atoms with Gasteiger partial charge in [0, 0.05) is 38.3 Å². The normalized spacial score (nSPS) is 18.1. The van der Waals surface area contributed by atoms with Gasteiger partial charge in [0.2, 0.25) is 0 Å². The van der Waals surface area contributed by atoms with Crippen molar-refractivity contribution in [3.05, 3.63) is 72.6 Å². The van der Waals surface area contributed by atoms with Crippen LogP contribution < -0.4 is 29.3 Å². The van der Waals surface area contributed by atoms with Gasteiger partial charge in [-0.25, -0.2) is 9.79 Å². The Morgan fingerprint density at radius 2 is 1.87 bits per heavy atom. The number of methoxy groups -OCH3 is 2. The number of carbonyl (C=O) groups is 1. The number of likely N-dealkylation sites (N-methyl/N-ethyl adjacent to an activating group) is 1. The highest BCUT2D eigenvalue weighted by molar-refractivity contribution is 7.07. The van der Waals surface area contributed by atoms with Crippen LogP contribution in [0.5, 0.6) is 11.5 Å². The molecule has 10 nitrogen and oxygen atoms in total. The molecule has 0 spiro atoms. The highest BCUT2D eigenvalue weighted by Gasteiger charge is 2.34. The molecule has 206 valence electrons. The Bertz CT molecular complexity index is 1590. The third-order valence-corrected chi connectivity index (χ3v) is 7.92. The number of fused-ring (bicyclic) bond motifs is 1. The summed E-state index contributed by atoms with van der Waals surface area (Å²) in [6.07, 6.45) is 1.73. The average molecular weight is 553 g/mol. The van der Waals surface area contributed by atoms with E-state index in [1.165, 1.54) is 11.3 Å². The van der Waals surface area contributed by atoms with Crippen molar-refractivity contribution in [2.45, 2.75) is 19.9 Å². The summed E-state index contributed by atoms with van der Waals surface area (Å²) in [4.78, 5) is 36.6. The SMILES string of the molecule is CCOC(=O)C1=C(C)N=c2sc(=Cc3ccc(N4CCN(C)CC4)o3)c(=O)n2[C@@H]1c1ccc(OC)c(OC)c1. The smallest absolute Gasteiger partial charge is 0.338 e. The van der Waals surface area contributed by atoms with Crippen LogP contribution in [0.1, 0.15) is 31.2 Å². The van der Waals surface area contributed by atoms with E-state index in [1.54, 1.807) is 50.8 Å². The number of aromatic nitrogens is 1. The summed E-state index contributed by atoms with van der Waals surface area (Å²) in [5.74, 6) is 1.88. The number of esters is 1. The lowest BCUT2D eigenvalue weighted by Gasteiger charge is -2.32. The van der Waals surface area contributed by atoms with E-state index >= 15 is 0 Å². The zero-order valence-corrected chi connectivity index (χ0v) is 23.5. The minimum absolute atomic E-state index is 0.201. The molecular formula is C28H32N4O6S. The minimum Gasteiger partial charge on any atom is -0.493 e. The lowest BCUT2D eigenvalue weighted by Crippen LogP contribution is -2.44. The molecule has 11 heteroatoms. The molecule has 0 aliphatic carbocycles. The van der Waals surface area contributed by atoms with Gasteiger partial charge in [-0.1, -0.05) is 17.4 Å². The van der Waals surface area contributed by atoms with Gasteiger partial charge in [0.15, 0.2) is 22.2 Å². The number of rotatable bonds is 7. The molecule has 5 rings (SSSR count). The fraction of sp³-hybridized carbons (Fsp3) is 0.393. The summed E-state index contributed by atoms with van der Waals surface area (Å²) in [6, 6.07) is 8.39. The minimum atomic E-state index is -0.750. The third-order valence-electron chi connectivity index (χ3n) is 6.94. The van der Waals surface area contributed by atoms with Gasteiger partial charge in [-0.15, -0.1) is 0 Å². The van der Waals surface area contributed by atoms with Crippen LogP contribution in [0.2, 0.25) is 0 Å². The first-order valence-corrected chi connectivity index (χ1v) is 13.6. The van der Waals surface area contributed by atoms with Gasteiger partial charge in [-0.3, -0.25) is 9.36 Å². The quantitative estimate of drug-likeness (QED) is 0.412. The Morgan fingerprint density at radius 1 is 1.13 bits per heavy atom. The number of furan rings is 1. The number of nitrogens with zero attached hydrogens (tertiary/aromatic N) is 4. The van der Waals surface area contributed by atoms with E-state index in [-0.39, 0.29) is 12.2 Å². The van der Waals surface area contributed by atoms with Crippen LogP contribution in [0.4, 0.5) is 5.88 Å². The highest BCUT2D eigenvalue weighted by atomic mass is 32.1. The first kappa shape index (κ1) is 26.8. The predicted molar refractivity (Wildman–Crippen MR) is 148 cm³/mol. The van der Waals surface area contributed by atoms with Crippen LogP contribution in [0.25, 0.3) is 6.08 Å². The first-order valence-electron chi connectivity index (χ1n) is 12.8. The van der Waals surface area contributed by atoms with Crippen LogP contribution in [0, 0.1) is 0 Å². The molecule has 1 atom stereocenters. The Balaban J connectivity index is 1.60. The van der Waals surface area contributed by atoms with Crippen molar-refractivity contribution in [1.82, 2.24) is 9.47 Å². The van der Waals surface area contributed by atoms with Gasteiger partial charge in [0.1, 0.15) is 5.76 Å². The topological polar surface area (TPSA) is 98.7 Å². The Morgan fingerprint density at radius 3 is 2.56 bits per heavy atom. The highest BCUT2D eigenvalue weighted by Crippen LogP contribution is 2.36. The molecule has 0 amide bonds. The average Bonchev–Trinajstić information content (AvgIpc) is 3.52. The predicted octanol–water partition coefficient (Wildman–Crippen LogP) is 2.16. The van der Waals surface area contributed by atoms with Gasteiger partial charge in [-0.2, -0.15) is 0 Å². The molecule has 0 saturated carbocycles. The van der Waals surface area contributed by atoms with Crippen molar-refractivity contribution in [2.75, 3.05) is 59.0 Å². The monoisotopic (exact) mass is 552 g/mol. The van der Waals surface area contributed by atoms with Crippen molar-refractivity contribution in [3.63, 3.8) is 0 Å². The summed E-state index contributed by atoms with van der Waals surface area (Å²) < 4.78 is 24.4. The Labute approximate surface area is 230 Å². The Hall–Kier alpha value is -3.83. The number of hydrogen-bond donors (Lipinski definition) is 0. The molecule has 2 aliphatic rings. The Kier molecular flexibility index (Phi) is 7.62. The second-order valence-electron chi connectivity index (χ2n) is 9.38. The number of thiazole rings is 1. The molecule has 4 heterocycles. The van der Waals surface area contributed by atoms with Crippen LogP contribution in [0.15, 0.2) is 55.8 Å². The van der Waals surface area contributed by atoms with Crippen molar-refractivity contribution >= 4 is 29.3 Å². The van der Waals surface area contributed by atoms with E-state index < -0.39 is 12.0 Å². The van der Waals surface area contributed by atoms with Gasteiger partial charge in [0.05, 0.1) is 42.7 Å². The van der Waals surface area contributed by atoms with E-state index in [9.17, 15) is 9.59 Å². The summed E-state index contributed by atoms with van der Waals surface area (Å²) in [5.41, 5.74) is 1.20. The molecule has 1 fully saturated rings. The molecule has 1 saturated heterocycles. The first-order chi connectivity index (χ1) is 18.8. The fourth-order valence-electron chi connectivity index (χ4n) is 4.88. The molecule has 0 unspecified atom stereocenters. The summed E-state index contributed by atoms with van der Waals surface area (Å²) in [6.45, 7) is 7.40. The molecule has 0 radical (unpaired) electrons. The van der Waals surface area contributed by atoms with E-state index in [4.69, 9.17) is 18.6 Å². The van der Waals surface area contributed by atoms with Crippen molar-refractivity contribution < 1.29 is 23.4 Å². The third kappa shape index (κ3) is 5.11. The van der Waals surface area contributed by atoms with Gasteiger partial charge in [-0.05, 0) is 44.7 Å². The van der Waals surface area contributed by atoms with Crippen molar-refractivity contribution in [2.24, 2.45) is 4.99 Å². The molecule has 2 aromatic heterocycles. The zero-order chi connectivity index (χ0) is 27.7. The van der Waals surface area contributed by atoms with Crippen LogP contribution in [-0.2, 0) is 9.53 Å². The maximum Gasteiger partial charge on any atom is 0.338 e. The van der Waals surface area contributed by atoms with Gasteiger partial charge < -0.3 is 28.4 Å². The maximum absolute atomic E-state index is 13.9. The molecule has 0 bridgehead atoms. The van der Waals surface area contributed by atoms with Crippen molar-refractivity contribution in [3.8, 4) is 11.5 Å². The van der Waals surface area contributed by atoms with E-state index in [1.807, 2.05) is 18.2 Å². The van der Waals surface area contributed by atoms with Crippen LogP contribution >= 0.6 is 11.3 Å². The van der Waals surface area contributed by atoms with E-state index in [0.717, 1.165) is 32.1 Å². The number of hydrogen-bond acceptors (Lipinski definition) is 10. The molecule has 0 N–H and O–H groups in total. The number of carbonyl (C=O) groups excluding carboxylic acids is 1. The maximum atomic E-state index is 13.9. The molecule has 3 aromatic rings. The number of benzene rings is 1. The van der Waals surface area contributed by atoms with Crippen molar-refractivity contribution in [1.29, 1.82) is 0 Å². The van der Waals surface area contributed by atoms with Gasteiger partial charge in [0.25, 0.3) is 5.56 Å². The summed E-state index contributed by atoms with van der Waals surface area (Å²) >= 11 is 1.25. The molecular weight excluding hydrogens is 520 g/mol. The fourth-order valence-corrected chi connectivity index (χ4v) is 5.90. The standard InChI is InChI=1S/C28H32N4O6S/c1-6-37-27(34)24-17(2)29-28-32(25(24)18-7-9-20(35-4)21(15-18)36-5)26(33)22(39-28)16-19-8-10-23(38-19)31-13-11-30(3)12-14-31/h7-10,15-16,25H,6,11-14H2,1-5H3/t25-/m1/s1. The number of piperazine rings is 1. The summed E-state index contributed by atoms with van der Waals surface area (Å²) in [7, 11) is 5.20. The second-order valence-corrected chi connectivity index (χ2v) is 10.4. The summed E-state index contributed by atoms with van der Waals surface area (Å²) in [5, 5.41) is 0. The molecule has 1 aromatic carbocycles. The second kappa shape index (κ2) is 11.1. The molecule has 39 heavy (non-hydrogen) atoms. The van der Waals surface area contributed by atoms with Crippen LogP contribution in [-0.4, -0.2) is 69.5 Å². The van der Waals surface area contributed by atoms with Gasteiger partial charge >= 0.3 is 5.97 Å². The lowest BCUT2D eigenvalue weighted by atomic mass is 9.95. The number of ether oxygens (including phenoxy) is 3. The molecule has 2 aliphatic heterocycles. The lowest BCUT2D eigenvalue weighted by molar-refractivity contribution is -0.139.